The summed E-state index contributed by atoms with van der Waals surface area (Å²) < 4.78 is 0. The zero-order valence-corrected chi connectivity index (χ0v) is 51.8. The van der Waals surface area contributed by atoms with Gasteiger partial charge in [0, 0.05) is 36.4 Å². The van der Waals surface area contributed by atoms with Crippen LogP contribution in [0.15, 0.2) is 54.8 Å². The number of primary amides is 3. The molecule has 1 heterocycles. The Hall–Kier alpha value is -7.48. The molecule has 0 aliphatic carbocycles. The number of unbranched alkanes of at least 4 members (excludes halogenated alkanes) is 5. The number of carbonyl (C=O) groups excluding carboxylic acids is 12. The molecule has 9 atom stereocenters. The van der Waals surface area contributed by atoms with Gasteiger partial charge in [-0.05, 0) is 127 Å². The van der Waals surface area contributed by atoms with Crippen molar-refractivity contribution in [3.05, 3.63) is 60.3 Å². The SMILES string of the molecule is CC(C)C[C@@H](C=O)NN[C@@](C)(CCCCCC/C=C\CCC[C@](N)(CC/C=C\CC[C@](C)(N)C(=O)N[C@H](C=O)CCC(N)=O)C(=O)N[C@@H](CC(N)=O)C(=O)N[C@@H](CC(C)C)C(=O)N[C@H](C=O)Cc1c[nH]c2ccccc12)C(=O)N[C@H](C=O)CCC(N)=O. The summed E-state index contributed by atoms with van der Waals surface area (Å²) in [6.07, 6.45) is 17.9. The molecule has 0 fully saturated rings. The van der Waals surface area contributed by atoms with Crippen LogP contribution in [0.2, 0.25) is 0 Å². The fourth-order valence-electron chi connectivity index (χ4n) is 9.68. The van der Waals surface area contributed by atoms with Crippen LogP contribution in [0.4, 0.5) is 0 Å². The summed E-state index contributed by atoms with van der Waals surface area (Å²) in [5, 5.41) is 14.2. The number of hydrogen-bond donors (Lipinski definition) is 13. The highest BCUT2D eigenvalue weighted by Crippen LogP contribution is 2.23. The number of hydrazine groups is 1. The molecule has 0 unspecified atom stereocenters. The van der Waals surface area contributed by atoms with Gasteiger partial charge in [0.1, 0.15) is 42.8 Å². The van der Waals surface area contributed by atoms with E-state index in [1.165, 1.54) is 6.92 Å². The number of aldehydes is 4. The lowest BCUT2D eigenvalue weighted by atomic mass is 9.86. The van der Waals surface area contributed by atoms with Gasteiger partial charge >= 0.3 is 0 Å². The van der Waals surface area contributed by atoms with E-state index in [0.717, 1.165) is 48.4 Å². The first-order valence-electron chi connectivity index (χ1n) is 30.3. The van der Waals surface area contributed by atoms with Gasteiger partial charge in [0.15, 0.2) is 0 Å². The van der Waals surface area contributed by atoms with E-state index in [2.05, 4.69) is 42.4 Å². The van der Waals surface area contributed by atoms with Gasteiger partial charge < -0.3 is 79.4 Å². The molecule has 0 saturated heterocycles. The molecule has 25 nitrogen and oxygen atoms in total. The maximum Gasteiger partial charge on any atom is 0.243 e. The number of carbonyl (C=O) groups is 12. The number of amides is 8. The van der Waals surface area contributed by atoms with Crippen molar-refractivity contribution in [1.82, 2.24) is 42.4 Å². The highest BCUT2D eigenvalue weighted by Gasteiger charge is 2.38. The third-order valence-electron chi connectivity index (χ3n) is 14.9. The molecule has 1 aromatic heterocycles. The van der Waals surface area contributed by atoms with Crippen molar-refractivity contribution in [3.63, 3.8) is 0 Å². The van der Waals surface area contributed by atoms with E-state index in [1.807, 2.05) is 64.1 Å². The standard InChI is InChI=1S/C62H99N13O12/c1-41(2)32-47(40-79)74-75-61(6,58(86)71-45(38-77)25-27-53(64)81)29-19-12-10-8-7-9-11-13-20-30-62(67,31-21-15-14-18-28-60(5,66)57(85)70-44(37-76)24-26-52(63)80)59(87)73-51(35-54(65)82)56(84)72-50(33-42(3)4)55(83)69-46(39-78)34-43-36-68-49-23-17-16-22-48(43)49/h9,11,14-17,22-23,36-42,44-47,50-51,68,74-75H,7-8,10,12-13,18-21,24-35,66-67H2,1-6H3,(H2,63,80)(H2,64,81)(H2,65,82)(H,69,83)(H,70,85)(H,71,86)(H,72,84)(H,73,87)/b11-9-,15-14-/t44-,45-,46-,47-,50-,51-,60-,61-,62-/m0/s1. The summed E-state index contributed by atoms with van der Waals surface area (Å²) in [7, 11) is 0. The monoisotopic (exact) mass is 1220 g/mol. The fourth-order valence-corrected chi connectivity index (χ4v) is 9.68. The number of nitrogens with two attached hydrogens (primary N) is 5. The summed E-state index contributed by atoms with van der Waals surface area (Å²) >= 11 is 0. The number of nitrogens with one attached hydrogen (secondary N) is 8. The number of benzene rings is 1. The second kappa shape index (κ2) is 39.3. The van der Waals surface area contributed by atoms with Crippen molar-refractivity contribution >= 4 is 83.3 Å². The average Bonchev–Trinajstić information content (AvgIpc) is 3.51. The van der Waals surface area contributed by atoms with Gasteiger partial charge in [-0.25, -0.2) is 10.9 Å². The largest absolute Gasteiger partial charge is 0.370 e. The van der Waals surface area contributed by atoms with Gasteiger partial charge in [-0.3, -0.25) is 38.4 Å². The van der Waals surface area contributed by atoms with E-state index in [9.17, 15) is 57.5 Å². The van der Waals surface area contributed by atoms with Crippen molar-refractivity contribution in [2.45, 2.75) is 229 Å². The second-order valence-electron chi connectivity index (χ2n) is 24.1. The Morgan fingerprint density at radius 3 is 1.66 bits per heavy atom. The zero-order valence-electron chi connectivity index (χ0n) is 51.8. The zero-order chi connectivity index (χ0) is 65.2. The number of H-pyrrole nitrogens is 1. The smallest absolute Gasteiger partial charge is 0.243 e. The number of fused-ring (bicyclic) bond motifs is 1. The van der Waals surface area contributed by atoms with E-state index in [1.54, 1.807) is 25.3 Å². The molecular formula is C62H99N13O12. The van der Waals surface area contributed by atoms with Crippen LogP contribution in [-0.2, 0) is 64.0 Å². The van der Waals surface area contributed by atoms with E-state index in [0.29, 0.717) is 57.4 Å². The van der Waals surface area contributed by atoms with E-state index in [-0.39, 0.29) is 76.0 Å². The molecule has 87 heavy (non-hydrogen) atoms. The minimum absolute atomic E-state index is 0.0244. The molecular weight excluding hydrogens is 1120 g/mol. The third kappa shape index (κ3) is 29.2. The summed E-state index contributed by atoms with van der Waals surface area (Å²) in [6.45, 7) is 10.8. The lowest BCUT2D eigenvalue weighted by Crippen LogP contribution is -2.62. The Labute approximate surface area is 511 Å². The molecule has 2 rings (SSSR count). The minimum Gasteiger partial charge on any atom is -0.370 e. The van der Waals surface area contributed by atoms with E-state index < -0.39 is 107 Å². The Morgan fingerprint density at radius 2 is 1.08 bits per heavy atom. The number of aromatic amines is 1. The van der Waals surface area contributed by atoms with E-state index >= 15 is 0 Å². The number of aromatic nitrogens is 1. The molecule has 25 heteroatoms. The maximum atomic E-state index is 14.4. The van der Waals surface area contributed by atoms with Crippen molar-refractivity contribution in [2.24, 2.45) is 40.5 Å². The number of hydrogen-bond acceptors (Lipinski definition) is 16. The lowest BCUT2D eigenvalue weighted by Gasteiger charge is -2.32. The van der Waals surface area contributed by atoms with Crippen LogP contribution in [0.25, 0.3) is 10.9 Å². The van der Waals surface area contributed by atoms with Crippen molar-refractivity contribution in [2.75, 3.05) is 0 Å². The molecule has 8 amide bonds. The molecule has 0 bridgehead atoms. The molecule has 1 aromatic carbocycles. The van der Waals surface area contributed by atoms with Gasteiger partial charge in [-0.15, -0.1) is 0 Å². The van der Waals surface area contributed by atoms with Gasteiger partial charge in [0.05, 0.1) is 41.7 Å². The molecule has 2 aromatic rings. The fraction of sp³-hybridized carbons (Fsp3) is 0.613. The van der Waals surface area contributed by atoms with Gasteiger partial charge in [0.25, 0.3) is 0 Å². The first-order valence-corrected chi connectivity index (χ1v) is 30.3. The number of allylic oxidation sites excluding steroid dienone is 4. The van der Waals surface area contributed by atoms with Gasteiger partial charge in [0.2, 0.25) is 47.3 Å². The molecule has 0 radical (unpaired) electrons. The van der Waals surface area contributed by atoms with Crippen molar-refractivity contribution in [3.8, 4) is 0 Å². The molecule has 484 valence electrons. The summed E-state index contributed by atoms with van der Waals surface area (Å²) in [6, 6.07) is 1.41. The molecule has 18 N–H and O–H groups in total. The van der Waals surface area contributed by atoms with Crippen LogP contribution in [0.1, 0.15) is 176 Å². The van der Waals surface area contributed by atoms with Crippen molar-refractivity contribution in [1.29, 1.82) is 0 Å². The summed E-state index contributed by atoms with van der Waals surface area (Å²) in [4.78, 5) is 155. The quantitative estimate of drug-likeness (QED) is 0.0196. The van der Waals surface area contributed by atoms with Crippen molar-refractivity contribution < 1.29 is 57.5 Å². The Kier molecular flexibility index (Phi) is 34.2. The molecule has 0 spiro atoms. The first-order chi connectivity index (χ1) is 41.1. The summed E-state index contributed by atoms with van der Waals surface area (Å²) in [5.74, 6) is -5.39. The second-order valence-corrected chi connectivity index (χ2v) is 24.1. The first kappa shape index (κ1) is 75.6. The van der Waals surface area contributed by atoms with Crippen LogP contribution in [0, 0.1) is 11.8 Å². The average molecular weight is 1220 g/mol. The van der Waals surface area contributed by atoms with Crippen LogP contribution in [0.5, 0.6) is 0 Å². The van der Waals surface area contributed by atoms with Gasteiger partial charge in [-0.1, -0.05) is 89.5 Å². The van der Waals surface area contributed by atoms with Gasteiger partial charge in [-0.2, -0.15) is 0 Å². The molecule has 0 aliphatic heterocycles. The van der Waals surface area contributed by atoms with Crippen LogP contribution in [-0.4, -0.2) is 130 Å². The highest BCUT2D eigenvalue weighted by molar-refractivity contribution is 5.97. The van der Waals surface area contributed by atoms with Crippen LogP contribution < -0.4 is 66.1 Å². The predicted molar refractivity (Wildman–Crippen MR) is 332 cm³/mol. The minimum atomic E-state index is -1.60. The topological polar surface area (TPSA) is 435 Å². The molecule has 0 aliphatic rings. The lowest BCUT2D eigenvalue weighted by molar-refractivity contribution is -0.135. The highest BCUT2D eigenvalue weighted by atomic mass is 16.2. The van der Waals surface area contributed by atoms with Crippen LogP contribution in [0.3, 0.4) is 0 Å². The third-order valence-corrected chi connectivity index (χ3v) is 14.9. The molecule has 0 saturated carbocycles. The predicted octanol–water partition coefficient (Wildman–Crippen LogP) is 2.25. The number of para-hydroxylation sites is 1. The number of rotatable bonds is 48. The Bertz CT molecular complexity index is 2640. The van der Waals surface area contributed by atoms with E-state index in [4.69, 9.17) is 28.7 Å². The van der Waals surface area contributed by atoms with Crippen LogP contribution >= 0.6 is 0 Å². The maximum absolute atomic E-state index is 14.4. The normalized spacial score (nSPS) is 15.8. The summed E-state index contributed by atoms with van der Waals surface area (Å²) in [5.41, 5.74) is 32.8. The Morgan fingerprint density at radius 1 is 0.540 bits per heavy atom. The Balaban J connectivity index is 2.22.